The van der Waals surface area contributed by atoms with Gasteiger partial charge in [-0.15, -0.1) is 0 Å². The zero-order valence-electron chi connectivity index (χ0n) is 11.2. The summed E-state index contributed by atoms with van der Waals surface area (Å²) in [5, 5.41) is 3.12. The maximum Gasteiger partial charge on any atom is 0.224 e. The Bertz CT molecular complexity index is 440. The van der Waals surface area contributed by atoms with Gasteiger partial charge in [-0.3, -0.25) is 4.79 Å². The number of carbonyl (C=O) groups is 1. The Morgan fingerprint density at radius 3 is 2.67 bits per heavy atom. The zero-order valence-corrected chi connectivity index (χ0v) is 11.2. The fourth-order valence-electron chi connectivity index (χ4n) is 2.38. The number of amides is 1. The zero-order chi connectivity index (χ0) is 13.2. The van der Waals surface area contributed by atoms with Crippen molar-refractivity contribution in [3.63, 3.8) is 0 Å². The average molecular weight is 246 g/mol. The van der Waals surface area contributed by atoms with Crippen molar-refractivity contribution in [1.82, 2.24) is 5.32 Å². The summed E-state index contributed by atoms with van der Waals surface area (Å²) in [7, 11) is 0. The highest BCUT2D eigenvalue weighted by Crippen LogP contribution is 2.38. The van der Waals surface area contributed by atoms with Crippen molar-refractivity contribution >= 4 is 5.91 Å². The molecular weight excluding hydrogens is 224 g/mol. The van der Waals surface area contributed by atoms with Crippen LogP contribution in [0, 0.1) is 12.8 Å². The monoisotopic (exact) mass is 246 g/mol. The molecule has 1 aliphatic rings. The molecule has 1 unspecified atom stereocenters. The van der Waals surface area contributed by atoms with Crippen molar-refractivity contribution in [3.05, 3.63) is 35.4 Å². The van der Waals surface area contributed by atoms with E-state index in [1.54, 1.807) is 0 Å². The molecule has 18 heavy (non-hydrogen) atoms. The molecule has 0 bridgehead atoms. The molecule has 0 aliphatic heterocycles. The van der Waals surface area contributed by atoms with E-state index in [0.717, 1.165) is 11.1 Å². The van der Waals surface area contributed by atoms with Crippen LogP contribution in [0.5, 0.6) is 0 Å². The number of benzene rings is 1. The number of hydrogen-bond donors (Lipinski definition) is 2. The Morgan fingerprint density at radius 2 is 2.11 bits per heavy atom. The van der Waals surface area contributed by atoms with Crippen molar-refractivity contribution < 1.29 is 4.79 Å². The molecule has 0 spiro atoms. The summed E-state index contributed by atoms with van der Waals surface area (Å²) < 4.78 is 0. The molecule has 1 aromatic carbocycles. The molecular formula is C15H22N2O. The Kier molecular flexibility index (Phi) is 3.71. The lowest BCUT2D eigenvalue weighted by Gasteiger charge is -2.29. The number of hydrogen-bond acceptors (Lipinski definition) is 2. The van der Waals surface area contributed by atoms with Gasteiger partial charge in [0.2, 0.25) is 5.91 Å². The van der Waals surface area contributed by atoms with Crippen LogP contribution in [-0.4, -0.2) is 18.0 Å². The van der Waals surface area contributed by atoms with E-state index < -0.39 is 0 Å². The summed E-state index contributed by atoms with van der Waals surface area (Å²) in [5.74, 6) is 0.632. The van der Waals surface area contributed by atoms with E-state index >= 15 is 0 Å². The fraction of sp³-hybridized carbons (Fsp3) is 0.533. The third-order valence-corrected chi connectivity index (χ3v) is 3.94. The first-order valence-electron chi connectivity index (χ1n) is 6.61. The Balaban J connectivity index is 1.98. The third kappa shape index (κ3) is 2.91. The highest BCUT2D eigenvalue weighted by molar-refractivity contribution is 5.79. The molecule has 3 heteroatoms. The van der Waals surface area contributed by atoms with E-state index in [1.165, 1.54) is 12.8 Å². The van der Waals surface area contributed by atoms with Gasteiger partial charge in [-0.25, -0.2) is 0 Å². The molecule has 1 amide bonds. The van der Waals surface area contributed by atoms with Gasteiger partial charge in [-0.05, 0) is 43.7 Å². The van der Waals surface area contributed by atoms with Crippen LogP contribution < -0.4 is 11.1 Å². The molecule has 3 N–H and O–H groups in total. The second kappa shape index (κ2) is 5.11. The summed E-state index contributed by atoms with van der Waals surface area (Å²) in [6.45, 7) is 4.60. The van der Waals surface area contributed by atoms with Crippen molar-refractivity contribution in [2.75, 3.05) is 6.54 Å². The van der Waals surface area contributed by atoms with Crippen LogP contribution in [-0.2, 0) is 11.2 Å². The Labute approximate surface area is 109 Å². The summed E-state index contributed by atoms with van der Waals surface area (Å²) >= 11 is 0. The Hall–Kier alpha value is -1.35. The SMILES string of the molecule is Cc1ccccc1CC(=O)NC(C)(CN)C1CC1. The molecule has 1 fully saturated rings. The molecule has 1 aromatic rings. The predicted molar refractivity (Wildman–Crippen MR) is 73.2 cm³/mol. The van der Waals surface area contributed by atoms with E-state index in [4.69, 9.17) is 5.73 Å². The molecule has 2 rings (SSSR count). The maximum absolute atomic E-state index is 12.1. The molecule has 1 atom stereocenters. The van der Waals surface area contributed by atoms with Crippen molar-refractivity contribution in [1.29, 1.82) is 0 Å². The summed E-state index contributed by atoms with van der Waals surface area (Å²) in [4.78, 5) is 12.1. The van der Waals surface area contributed by atoms with Gasteiger partial charge in [-0.1, -0.05) is 24.3 Å². The summed E-state index contributed by atoms with van der Waals surface area (Å²) in [6, 6.07) is 8.00. The second-order valence-electron chi connectivity index (χ2n) is 5.55. The number of carbonyl (C=O) groups excluding carboxylic acids is 1. The molecule has 98 valence electrons. The topological polar surface area (TPSA) is 55.1 Å². The van der Waals surface area contributed by atoms with Gasteiger partial charge in [0.05, 0.1) is 12.0 Å². The third-order valence-electron chi connectivity index (χ3n) is 3.94. The minimum absolute atomic E-state index is 0.0733. The van der Waals surface area contributed by atoms with Crippen LogP contribution in [0.3, 0.4) is 0 Å². The minimum atomic E-state index is -0.222. The van der Waals surface area contributed by atoms with Gasteiger partial charge in [0.1, 0.15) is 0 Å². The highest BCUT2D eigenvalue weighted by Gasteiger charge is 2.41. The number of rotatable bonds is 5. The lowest BCUT2D eigenvalue weighted by atomic mass is 9.95. The highest BCUT2D eigenvalue weighted by atomic mass is 16.1. The van der Waals surface area contributed by atoms with E-state index in [9.17, 15) is 4.79 Å². The molecule has 3 nitrogen and oxygen atoms in total. The quantitative estimate of drug-likeness (QED) is 0.832. The van der Waals surface area contributed by atoms with Crippen LogP contribution in [0.15, 0.2) is 24.3 Å². The summed E-state index contributed by atoms with van der Waals surface area (Å²) in [5.41, 5.74) is 7.83. The first-order chi connectivity index (χ1) is 8.55. The molecule has 0 radical (unpaired) electrons. The smallest absolute Gasteiger partial charge is 0.224 e. The Morgan fingerprint density at radius 1 is 1.44 bits per heavy atom. The van der Waals surface area contributed by atoms with E-state index in [0.29, 0.717) is 18.9 Å². The lowest BCUT2D eigenvalue weighted by molar-refractivity contribution is -0.122. The van der Waals surface area contributed by atoms with Gasteiger partial charge >= 0.3 is 0 Å². The minimum Gasteiger partial charge on any atom is -0.349 e. The van der Waals surface area contributed by atoms with Crippen LogP contribution >= 0.6 is 0 Å². The number of nitrogens with two attached hydrogens (primary N) is 1. The lowest BCUT2D eigenvalue weighted by Crippen LogP contribution is -2.53. The largest absolute Gasteiger partial charge is 0.349 e. The average Bonchev–Trinajstić information content (AvgIpc) is 3.16. The summed E-state index contributed by atoms with van der Waals surface area (Å²) in [6.07, 6.45) is 2.80. The molecule has 1 saturated carbocycles. The molecule has 0 aromatic heterocycles. The fourth-order valence-corrected chi connectivity index (χ4v) is 2.38. The normalized spacial score (nSPS) is 18.2. The standard InChI is InChI=1S/C15H22N2O/c1-11-5-3-4-6-12(11)9-14(18)17-15(2,10-16)13-7-8-13/h3-6,13H,7-10,16H2,1-2H3,(H,17,18). The first kappa shape index (κ1) is 13.1. The second-order valence-corrected chi connectivity index (χ2v) is 5.55. The van der Waals surface area contributed by atoms with Gasteiger partial charge in [0, 0.05) is 6.54 Å². The predicted octanol–water partition coefficient (Wildman–Crippen LogP) is 1.78. The molecule has 0 saturated heterocycles. The van der Waals surface area contributed by atoms with Gasteiger partial charge < -0.3 is 11.1 Å². The van der Waals surface area contributed by atoms with E-state index in [-0.39, 0.29) is 11.4 Å². The first-order valence-corrected chi connectivity index (χ1v) is 6.61. The number of nitrogens with one attached hydrogen (secondary N) is 1. The van der Waals surface area contributed by atoms with Crippen LogP contribution in [0.1, 0.15) is 30.9 Å². The van der Waals surface area contributed by atoms with Gasteiger partial charge in [0.25, 0.3) is 0 Å². The van der Waals surface area contributed by atoms with Crippen LogP contribution in [0.2, 0.25) is 0 Å². The van der Waals surface area contributed by atoms with E-state index in [2.05, 4.69) is 12.2 Å². The molecule has 0 heterocycles. The molecule has 1 aliphatic carbocycles. The van der Waals surface area contributed by atoms with Crippen molar-refractivity contribution in [3.8, 4) is 0 Å². The van der Waals surface area contributed by atoms with Crippen molar-refractivity contribution in [2.45, 2.75) is 38.6 Å². The van der Waals surface area contributed by atoms with E-state index in [1.807, 2.05) is 31.2 Å². The van der Waals surface area contributed by atoms with Crippen LogP contribution in [0.4, 0.5) is 0 Å². The number of aryl methyl sites for hydroxylation is 1. The van der Waals surface area contributed by atoms with Gasteiger partial charge in [-0.2, -0.15) is 0 Å². The van der Waals surface area contributed by atoms with Gasteiger partial charge in [0.15, 0.2) is 0 Å². The van der Waals surface area contributed by atoms with Crippen LogP contribution in [0.25, 0.3) is 0 Å². The van der Waals surface area contributed by atoms with Crippen molar-refractivity contribution in [2.24, 2.45) is 11.7 Å². The maximum atomic E-state index is 12.1.